The lowest BCUT2D eigenvalue weighted by Gasteiger charge is -2.38. The number of hydrogen-bond donors (Lipinski definition) is 1. The summed E-state index contributed by atoms with van der Waals surface area (Å²) in [4.78, 5) is 36.6. The normalized spacial score (nSPS) is 21.3. The zero-order chi connectivity index (χ0) is 17.2. The van der Waals surface area contributed by atoms with E-state index in [1.54, 1.807) is 6.33 Å². The first kappa shape index (κ1) is 15.8. The molecule has 0 saturated carbocycles. The maximum Gasteiger partial charge on any atom is 0.226 e. The minimum Gasteiger partial charge on any atom is -0.368 e. The van der Waals surface area contributed by atoms with E-state index in [4.69, 9.17) is 0 Å². The summed E-state index contributed by atoms with van der Waals surface area (Å²) in [5.41, 5.74) is 2.06. The molecule has 0 bridgehead atoms. The van der Waals surface area contributed by atoms with Crippen molar-refractivity contribution in [3.63, 3.8) is 0 Å². The number of hydrogen-bond acceptors (Lipinski definition) is 5. The van der Waals surface area contributed by atoms with Crippen LogP contribution in [0.5, 0.6) is 0 Å². The van der Waals surface area contributed by atoms with Crippen LogP contribution in [0.15, 0.2) is 30.7 Å². The zero-order valence-electron chi connectivity index (χ0n) is 14.0. The highest BCUT2D eigenvalue weighted by atomic mass is 16.2. The van der Waals surface area contributed by atoms with Crippen molar-refractivity contribution in [3.05, 3.63) is 30.7 Å². The van der Waals surface area contributed by atoms with Gasteiger partial charge in [0.25, 0.3) is 0 Å². The van der Waals surface area contributed by atoms with Crippen molar-refractivity contribution in [3.8, 4) is 0 Å². The van der Waals surface area contributed by atoms with Crippen LogP contribution in [0.4, 0.5) is 5.69 Å². The Kier molecular flexibility index (Phi) is 4.21. The second kappa shape index (κ2) is 6.66. The van der Waals surface area contributed by atoms with Crippen molar-refractivity contribution < 1.29 is 9.59 Å². The summed E-state index contributed by atoms with van der Waals surface area (Å²) in [5.74, 6) is -0.0406. The van der Waals surface area contributed by atoms with E-state index < -0.39 is 0 Å². The molecule has 1 N–H and O–H groups in total. The van der Waals surface area contributed by atoms with E-state index in [1.165, 1.54) is 0 Å². The molecule has 3 heterocycles. The summed E-state index contributed by atoms with van der Waals surface area (Å²) in [6.07, 6.45) is 4.44. The Hall–Kier alpha value is -2.70. The van der Waals surface area contributed by atoms with Gasteiger partial charge in [0.2, 0.25) is 11.8 Å². The fourth-order valence-electron chi connectivity index (χ4n) is 3.61. The topological polar surface area (TPSA) is 78.4 Å². The number of carbonyl (C=O) groups excluding carboxylic acids is 2. The van der Waals surface area contributed by atoms with Gasteiger partial charge in [-0.1, -0.05) is 0 Å². The van der Waals surface area contributed by atoms with Crippen LogP contribution in [0.3, 0.4) is 0 Å². The van der Waals surface area contributed by atoms with Crippen LogP contribution in [-0.4, -0.2) is 59.4 Å². The largest absolute Gasteiger partial charge is 0.368 e. The first-order chi connectivity index (χ1) is 12.2. The summed E-state index contributed by atoms with van der Waals surface area (Å²) in [7, 11) is 0. The highest BCUT2D eigenvalue weighted by Gasteiger charge is 2.31. The van der Waals surface area contributed by atoms with Gasteiger partial charge in [0.1, 0.15) is 6.33 Å². The lowest BCUT2D eigenvalue weighted by molar-refractivity contribution is -0.140. The SMILES string of the molecule is O=C1CC(C(=O)N2CCN(c3ccc4ncncc4c3)CC2)CCN1. The van der Waals surface area contributed by atoms with E-state index in [2.05, 4.69) is 32.3 Å². The molecule has 4 rings (SSSR count). The molecular weight excluding hydrogens is 318 g/mol. The van der Waals surface area contributed by atoms with Crippen LogP contribution in [0.1, 0.15) is 12.8 Å². The van der Waals surface area contributed by atoms with Gasteiger partial charge >= 0.3 is 0 Å². The van der Waals surface area contributed by atoms with Gasteiger partial charge in [0.05, 0.1) is 5.52 Å². The van der Waals surface area contributed by atoms with Crippen molar-refractivity contribution in [2.75, 3.05) is 37.6 Å². The van der Waals surface area contributed by atoms with Gasteiger partial charge < -0.3 is 15.1 Å². The van der Waals surface area contributed by atoms with Gasteiger partial charge in [0.15, 0.2) is 0 Å². The van der Waals surface area contributed by atoms with Crippen LogP contribution in [0.25, 0.3) is 10.9 Å². The van der Waals surface area contributed by atoms with Gasteiger partial charge in [-0.05, 0) is 24.6 Å². The molecular formula is C18H21N5O2. The van der Waals surface area contributed by atoms with E-state index >= 15 is 0 Å². The number of carbonyl (C=O) groups is 2. The molecule has 0 aliphatic carbocycles. The van der Waals surface area contributed by atoms with Crippen LogP contribution in [0, 0.1) is 5.92 Å². The number of aromatic nitrogens is 2. The molecule has 2 saturated heterocycles. The molecule has 2 aliphatic heterocycles. The van der Waals surface area contributed by atoms with Crippen LogP contribution >= 0.6 is 0 Å². The van der Waals surface area contributed by atoms with Crippen molar-refractivity contribution in [2.45, 2.75) is 12.8 Å². The number of rotatable bonds is 2. The Morgan fingerprint density at radius 1 is 1.20 bits per heavy atom. The Balaban J connectivity index is 1.40. The van der Waals surface area contributed by atoms with Crippen molar-refractivity contribution in [2.24, 2.45) is 5.92 Å². The number of amides is 2. The van der Waals surface area contributed by atoms with Gasteiger partial charge in [-0.25, -0.2) is 9.97 Å². The van der Waals surface area contributed by atoms with E-state index in [9.17, 15) is 9.59 Å². The van der Waals surface area contributed by atoms with E-state index in [-0.39, 0.29) is 17.7 Å². The number of fused-ring (bicyclic) bond motifs is 1. The van der Waals surface area contributed by atoms with Gasteiger partial charge in [-0.3, -0.25) is 9.59 Å². The quantitative estimate of drug-likeness (QED) is 0.876. The molecule has 0 spiro atoms. The fourth-order valence-corrected chi connectivity index (χ4v) is 3.61. The zero-order valence-corrected chi connectivity index (χ0v) is 14.0. The molecule has 1 aromatic heterocycles. The molecule has 7 nitrogen and oxygen atoms in total. The third-order valence-corrected chi connectivity index (χ3v) is 5.04. The fraction of sp³-hybridized carbons (Fsp3) is 0.444. The molecule has 7 heteroatoms. The lowest BCUT2D eigenvalue weighted by Crippen LogP contribution is -2.52. The summed E-state index contributed by atoms with van der Waals surface area (Å²) in [5, 5.41) is 3.80. The highest BCUT2D eigenvalue weighted by Crippen LogP contribution is 2.23. The molecule has 2 fully saturated rings. The lowest BCUT2D eigenvalue weighted by atomic mass is 9.95. The third-order valence-electron chi connectivity index (χ3n) is 5.04. The summed E-state index contributed by atoms with van der Waals surface area (Å²) < 4.78 is 0. The molecule has 2 aliphatic rings. The van der Waals surface area contributed by atoms with E-state index in [0.29, 0.717) is 26.1 Å². The summed E-state index contributed by atoms with van der Waals surface area (Å²) in [6.45, 7) is 3.59. The standard InChI is InChI=1S/C18H21N5O2/c24-17-10-13(3-4-20-17)18(25)23-7-5-22(6-8-23)15-1-2-16-14(9-15)11-19-12-21-16/h1-2,9,11-13H,3-8,10H2,(H,20,24). The maximum absolute atomic E-state index is 12.6. The van der Waals surface area contributed by atoms with Crippen LogP contribution in [0.2, 0.25) is 0 Å². The van der Waals surface area contributed by atoms with Crippen LogP contribution in [-0.2, 0) is 9.59 Å². The average Bonchev–Trinajstić information content (AvgIpc) is 2.67. The number of benzene rings is 1. The first-order valence-electron chi connectivity index (χ1n) is 8.71. The molecule has 130 valence electrons. The Morgan fingerprint density at radius 3 is 2.84 bits per heavy atom. The Morgan fingerprint density at radius 2 is 2.04 bits per heavy atom. The summed E-state index contributed by atoms with van der Waals surface area (Å²) in [6, 6.07) is 6.17. The van der Waals surface area contributed by atoms with Crippen molar-refractivity contribution in [1.29, 1.82) is 0 Å². The van der Waals surface area contributed by atoms with Gasteiger partial charge in [-0.2, -0.15) is 0 Å². The second-order valence-corrected chi connectivity index (χ2v) is 6.62. The number of anilines is 1. The number of piperazine rings is 1. The monoisotopic (exact) mass is 339 g/mol. The van der Waals surface area contributed by atoms with Gasteiger partial charge in [-0.15, -0.1) is 0 Å². The predicted octanol–water partition coefficient (Wildman–Crippen LogP) is 0.805. The molecule has 2 amide bonds. The molecule has 1 unspecified atom stereocenters. The Bertz CT molecular complexity index is 801. The third kappa shape index (κ3) is 3.26. The maximum atomic E-state index is 12.6. The number of nitrogens with zero attached hydrogens (tertiary/aromatic N) is 4. The van der Waals surface area contributed by atoms with E-state index in [1.807, 2.05) is 17.2 Å². The smallest absolute Gasteiger partial charge is 0.226 e. The van der Waals surface area contributed by atoms with Crippen molar-refractivity contribution in [1.82, 2.24) is 20.2 Å². The van der Waals surface area contributed by atoms with Gasteiger partial charge in [0, 0.05) is 62.3 Å². The van der Waals surface area contributed by atoms with Crippen LogP contribution < -0.4 is 10.2 Å². The molecule has 1 atom stereocenters. The Labute approximate surface area is 146 Å². The molecule has 0 radical (unpaired) electrons. The predicted molar refractivity (Wildman–Crippen MR) is 94.1 cm³/mol. The minimum absolute atomic E-state index is 0.0124. The van der Waals surface area contributed by atoms with Crippen molar-refractivity contribution >= 4 is 28.4 Å². The molecule has 1 aromatic carbocycles. The second-order valence-electron chi connectivity index (χ2n) is 6.62. The number of piperidine rings is 1. The number of nitrogens with one attached hydrogen (secondary N) is 1. The summed E-state index contributed by atoms with van der Waals surface area (Å²) >= 11 is 0. The molecule has 25 heavy (non-hydrogen) atoms. The average molecular weight is 339 g/mol. The highest BCUT2D eigenvalue weighted by molar-refractivity contribution is 5.87. The van der Waals surface area contributed by atoms with E-state index in [0.717, 1.165) is 36.1 Å². The molecule has 2 aromatic rings. The first-order valence-corrected chi connectivity index (χ1v) is 8.71. The minimum atomic E-state index is -0.155.